The zero-order valence-corrected chi connectivity index (χ0v) is 12.7. The van der Waals surface area contributed by atoms with E-state index in [1.54, 1.807) is 0 Å². The second-order valence-electron chi connectivity index (χ2n) is 6.52. The molecule has 0 aromatic carbocycles. The van der Waals surface area contributed by atoms with Gasteiger partial charge in [0, 0.05) is 18.6 Å². The van der Waals surface area contributed by atoms with Crippen LogP contribution in [-0.2, 0) is 0 Å². The van der Waals surface area contributed by atoms with Gasteiger partial charge in [-0.05, 0) is 45.7 Å². The molecule has 1 N–H and O–H groups in total. The molecule has 1 atom stereocenters. The number of nitrogens with one attached hydrogen (secondary N) is 1. The Morgan fingerprint density at radius 3 is 2.18 bits per heavy atom. The van der Waals surface area contributed by atoms with E-state index in [1.807, 2.05) is 6.08 Å². The predicted molar refractivity (Wildman–Crippen MR) is 78.4 cm³/mol. The Hall–Kier alpha value is -0.340. The highest BCUT2D eigenvalue weighted by atomic mass is 15.2. The minimum absolute atomic E-state index is 0.223. The summed E-state index contributed by atoms with van der Waals surface area (Å²) in [6, 6.07) is 0. The predicted octanol–water partition coefficient (Wildman–Crippen LogP) is 3.15. The van der Waals surface area contributed by atoms with E-state index in [2.05, 4.69) is 58.3 Å². The Bertz CT molecular complexity index is 203. The maximum Gasteiger partial charge on any atom is 0.0165 e. The molecule has 0 heterocycles. The van der Waals surface area contributed by atoms with Gasteiger partial charge in [-0.3, -0.25) is 4.90 Å². The monoisotopic (exact) mass is 240 g/mol. The van der Waals surface area contributed by atoms with Crippen molar-refractivity contribution in [2.75, 3.05) is 26.2 Å². The number of hydrogen-bond acceptors (Lipinski definition) is 2. The highest BCUT2D eigenvalue weighted by Crippen LogP contribution is 2.15. The van der Waals surface area contributed by atoms with Crippen LogP contribution >= 0.6 is 0 Å². The molecule has 0 aromatic rings. The summed E-state index contributed by atoms with van der Waals surface area (Å²) in [4.78, 5) is 2.49. The molecule has 0 saturated heterocycles. The molecule has 0 aliphatic heterocycles. The van der Waals surface area contributed by atoms with E-state index >= 15 is 0 Å². The molecule has 1 unspecified atom stereocenters. The van der Waals surface area contributed by atoms with Gasteiger partial charge >= 0.3 is 0 Å². The van der Waals surface area contributed by atoms with Crippen LogP contribution in [0.4, 0.5) is 0 Å². The molecule has 0 aromatic heterocycles. The number of nitrogens with zero attached hydrogens (tertiary/aromatic N) is 1. The minimum atomic E-state index is 0.223. The largest absolute Gasteiger partial charge is 0.316 e. The first-order valence-corrected chi connectivity index (χ1v) is 6.84. The van der Waals surface area contributed by atoms with Gasteiger partial charge in [0.25, 0.3) is 0 Å². The number of rotatable bonds is 8. The van der Waals surface area contributed by atoms with Crippen molar-refractivity contribution in [3.63, 3.8) is 0 Å². The lowest BCUT2D eigenvalue weighted by molar-refractivity contribution is 0.132. The Morgan fingerprint density at radius 2 is 1.76 bits per heavy atom. The van der Waals surface area contributed by atoms with E-state index in [9.17, 15) is 0 Å². The lowest BCUT2D eigenvalue weighted by atomic mass is 10.0. The fraction of sp³-hybridized carbons (Fsp3) is 0.867. The summed E-state index contributed by atoms with van der Waals surface area (Å²) in [5.74, 6) is 1.40. The number of hydrogen-bond donors (Lipinski definition) is 1. The van der Waals surface area contributed by atoms with Gasteiger partial charge in [-0.1, -0.05) is 26.8 Å². The summed E-state index contributed by atoms with van der Waals surface area (Å²) in [7, 11) is 0. The van der Waals surface area contributed by atoms with Crippen molar-refractivity contribution in [1.29, 1.82) is 0 Å². The highest BCUT2D eigenvalue weighted by Gasteiger charge is 2.21. The first-order valence-electron chi connectivity index (χ1n) is 6.84. The smallest absolute Gasteiger partial charge is 0.0165 e. The summed E-state index contributed by atoms with van der Waals surface area (Å²) < 4.78 is 0. The van der Waals surface area contributed by atoms with E-state index in [1.165, 1.54) is 0 Å². The first kappa shape index (κ1) is 16.7. The molecule has 0 radical (unpaired) electrons. The third-order valence-corrected chi connectivity index (χ3v) is 2.88. The van der Waals surface area contributed by atoms with Crippen LogP contribution in [0.5, 0.6) is 0 Å². The normalized spacial score (nSPS) is 14.4. The Balaban J connectivity index is 4.04. The molecule has 0 aliphatic rings. The summed E-state index contributed by atoms with van der Waals surface area (Å²) >= 11 is 0. The van der Waals surface area contributed by atoms with Crippen molar-refractivity contribution < 1.29 is 0 Å². The van der Waals surface area contributed by atoms with E-state index in [0.717, 1.165) is 32.1 Å². The molecule has 0 rings (SSSR count). The molecule has 17 heavy (non-hydrogen) atoms. The lowest BCUT2D eigenvalue weighted by Crippen LogP contribution is -2.45. The average Bonchev–Trinajstić information content (AvgIpc) is 2.15. The Kier molecular flexibility index (Phi) is 7.73. The van der Waals surface area contributed by atoms with Crippen molar-refractivity contribution in [3.05, 3.63) is 12.7 Å². The molecular weight excluding hydrogens is 208 g/mol. The van der Waals surface area contributed by atoms with E-state index < -0.39 is 0 Å². The van der Waals surface area contributed by atoms with Crippen molar-refractivity contribution in [1.82, 2.24) is 10.2 Å². The molecule has 0 spiro atoms. The third kappa shape index (κ3) is 8.39. The molecule has 0 aliphatic carbocycles. The molecular formula is C15H32N2. The SMILES string of the molecule is C=CCN(CC(C)CNCC(C)C)C(C)(C)C. The van der Waals surface area contributed by atoms with Crippen LogP contribution in [0.25, 0.3) is 0 Å². The van der Waals surface area contributed by atoms with Gasteiger partial charge in [0.2, 0.25) is 0 Å². The zero-order chi connectivity index (χ0) is 13.5. The quantitative estimate of drug-likeness (QED) is 0.656. The van der Waals surface area contributed by atoms with Gasteiger partial charge in [-0.2, -0.15) is 0 Å². The average molecular weight is 240 g/mol. The Labute approximate surface area is 108 Å². The minimum Gasteiger partial charge on any atom is -0.316 e. The fourth-order valence-corrected chi connectivity index (χ4v) is 1.84. The van der Waals surface area contributed by atoms with Gasteiger partial charge in [-0.25, -0.2) is 0 Å². The second-order valence-corrected chi connectivity index (χ2v) is 6.52. The second kappa shape index (κ2) is 7.88. The standard InChI is InChI=1S/C15H32N2/c1-8-9-17(15(5,6)7)12-14(4)11-16-10-13(2)3/h8,13-14,16H,1,9-12H2,2-7H3. The van der Waals surface area contributed by atoms with Gasteiger partial charge < -0.3 is 5.32 Å². The summed E-state index contributed by atoms with van der Waals surface area (Å²) in [5, 5.41) is 3.53. The van der Waals surface area contributed by atoms with Gasteiger partial charge in [0.1, 0.15) is 0 Å². The van der Waals surface area contributed by atoms with Gasteiger partial charge in [-0.15, -0.1) is 6.58 Å². The molecule has 0 saturated carbocycles. The summed E-state index contributed by atoms with van der Waals surface area (Å²) in [5.41, 5.74) is 0.223. The van der Waals surface area contributed by atoms with Crippen LogP contribution in [0.1, 0.15) is 41.5 Å². The molecule has 0 amide bonds. The molecule has 0 bridgehead atoms. The van der Waals surface area contributed by atoms with Crippen LogP contribution in [-0.4, -0.2) is 36.6 Å². The van der Waals surface area contributed by atoms with E-state index in [-0.39, 0.29) is 5.54 Å². The molecule has 0 fully saturated rings. The molecule has 2 nitrogen and oxygen atoms in total. The van der Waals surface area contributed by atoms with Crippen molar-refractivity contribution >= 4 is 0 Å². The maximum atomic E-state index is 3.85. The van der Waals surface area contributed by atoms with Crippen LogP contribution in [0.2, 0.25) is 0 Å². The van der Waals surface area contributed by atoms with Gasteiger partial charge in [0.15, 0.2) is 0 Å². The maximum absolute atomic E-state index is 3.85. The van der Waals surface area contributed by atoms with Crippen molar-refractivity contribution in [2.45, 2.75) is 47.1 Å². The lowest BCUT2D eigenvalue weighted by Gasteiger charge is -2.36. The third-order valence-electron chi connectivity index (χ3n) is 2.88. The molecule has 2 heteroatoms. The van der Waals surface area contributed by atoms with E-state index in [4.69, 9.17) is 0 Å². The van der Waals surface area contributed by atoms with Crippen LogP contribution in [0.3, 0.4) is 0 Å². The van der Waals surface area contributed by atoms with Gasteiger partial charge in [0.05, 0.1) is 0 Å². The topological polar surface area (TPSA) is 15.3 Å². The first-order chi connectivity index (χ1) is 7.77. The van der Waals surface area contributed by atoms with Crippen molar-refractivity contribution in [3.8, 4) is 0 Å². The van der Waals surface area contributed by atoms with E-state index in [0.29, 0.717) is 5.92 Å². The fourth-order valence-electron chi connectivity index (χ4n) is 1.84. The highest BCUT2D eigenvalue weighted by molar-refractivity contribution is 4.84. The summed E-state index contributed by atoms with van der Waals surface area (Å²) in [6.07, 6.45) is 2.00. The molecule has 102 valence electrons. The van der Waals surface area contributed by atoms with Crippen LogP contribution < -0.4 is 5.32 Å². The van der Waals surface area contributed by atoms with Crippen LogP contribution in [0, 0.1) is 11.8 Å². The van der Waals surface area contributed by atoms with Crippen LogP contribution in [0.15, 0.2) is 12.7 Å². The van der Waals surface area contributed by atoms with Crippen molar-refractivity contribution in [2.24, 2.45) is 11.8 Å². The summed E-state index contributed by atoms with van der Waals surface area (Å²) in [6.45, 7) is 21.8. The Morgan fingerprint density at radius 1 is 1.18 bits per heavy atom. The zero-order valence-electron chi connectivity index (χ0n) is 12.7.